The fourth-order valence-electron chi connectivity index (χ4n) is 1.56. The van der Waals surface area contributed by atoms with Gasteiger partial charge in [-0.15, -0.1) is 0 Å². The van der Waals surface area contributed by atoms with Gasteiger partial charge in [0.05, 0.1) is 12.1 Å². The van der Waals surface area contributed by atoms with Gasteiger partial charge in [0.15, 0.2) is 0 Å². The molecule has 17 heavy (non-hydrogen) atoms. The Labute approximate surface area is 97.3 Å². The van der Waals surface area contributed by atoms with Crippen LogP contribution in [0.5, 0.6) is 0 Å². The van der Waals surface area contributed by atoms with Gasteiger partial charge in [0.25, 0.3) is 0 Å². The molecule has 0 aliphatic heterocycles. The molecule has 1 unspecified atom stereocenters. The lowest BCUT2D eigenvalue weighted by Crippen LogP contribution is -2.21. The first-order valence-electron chi connectivity index (χ1n) is 5.17. The van der Waals surface area contributed by atoms with Crippen LogP contribution in [0.4, 0.5) is 8.78 Å². The van der Waals surface area contributed by atoms with E-state index in [4.69, 9.17) is 0 Å². The SMILES string of the molecule is OC(CNn1cccc1)c1c(F)cccc1F. The molecule has 5 heteroatoms. The van der Waals surface area contributed by atoms with Gasteiger partial charge < -0.3 is 10.5 Å². The van der Waals surface area contributed by atoms with E-state index < -0.39 is 17.7 Å². The van der Waals surface area contributed by atoms with Crippen molar-refractivity contribution < 1.29 is 13.9 Å². The predicted octanol–water partition coefficient (Wildman–Crippen LogP) is 2.04. The van der Waals surface area contributed by atoms with Gasteiger partial charge in [-0.2, -0.15) is 0 Å². The second-order valence-corrected chi connectivity index (χ2v) is 3.60. The highest BCUT2D eigenvalue weighted by atomic mass is 19.1. The topological polar surface area (TPSA) is 37.2 Å². The number of benzene rings is 1. The van der Waals surface area contributed by atoms with Crippen LogP contribution in [-0.2, 0) is 0 Å². The third kappa shape index (κ3) is 2.62. The number of aliphatic hydroxyl groups is 1. The molecule has 1 heterocycles. The lowest BCUT2D eigenvalue weighted by Gasteiger charge is -2.15. The van der Waals surface area contributed by atoms with Crippen LogP contribution in [0.3, 0.4) is 0 Å². The van der Waals surface area contributed by atoms with Crippen LogP contribution in [0.25, 0.3) is 0 Å². The van der Waals surface area contributed by atoms with E-state index in [2.05, 4.69) is 5.43 Å². The number of hydrogen-bond acceptors (Lipinski definition) is 2. The van der Waals surface area contributed by atoms with Crippen molar-refractivity contribution in [2.24, 2.45) is 0 Å². The summed E-state index contributed by atoms with van der Waals surface area (Å²) in [5.74, 6) is -1.49. The van der Waals surface area contributed by atoms with Crippen LogP contribution in [-0.4, -0.2) is 16.3 Å². The van der Waals surface area contributed by atoms with E-state index in [0.717, 1.165) is 12.1 Å². The Kier molecular flexibility index (Phi) is 3.39. The summed E-state index contributed by atoms with van der Waals surface area (Å²) in [6.45, 7) is 0.0204. The molecular formula is C12H12F2N2O. The highest BCUT2D eigenvalue weighted by molar-refractivity contribution is 5.22. The minimum absolute atomic E-state index is 0.0204. The van der Waals surface area contributed by atoms with E-state index >= 15 is 0 Å². The number of nitrogens with zero attached hydrogens (tertiary/aromatic N) is 1. The number of aliphatic hydroxyl groups excluding tert-OH is 1. The maximum Gasteiger partial charge on any atom is 0.132 e. The van der Waals surface area contributed by atoms with Crippen molar-refractivity contribution in [2.45, 2.75) is 6.10 Å². The molecular weight excluding hydrogens is 226 g/mol. The second kappa shape index (κ2) is 4.97. The summed E-state index contributed by atoms with van der Waals surface area (Å²) < 4.78 is 28.3. The average molecular weight is 238 g/mol. The number of hydrogen-bond donors (Lipinski definition) is 2. The van der Waals surface area contributed by atoms with Crippen molar-refractivity contribution in [3.63, 3.8) is 0 Å². The fourth-order valence-corrected chi connectivity index (χ4v) is 1.56. The molecule has 0 spiro atoms. The van der Waals surface area contributed by atoms with Gasteiger partial charge in [-0.25, -0.2) is 8.78 Å². The first kappa shape index (κ1) is 11.6. The molecule has 1 aromatic carbocycles. The summed E-state index contributed by atoms with van der Waals surface area (Å²) in [7, 11) is 0. The molecule has 0 amide bonds. The average Bonchev–Trinajstić information content (AvgIpc) is 2.79. The third-order valence-corrected chi connectivity index (χ3v) is 2.40. The van der Waals surface area contributed by atoms with Gasteiger partial charge in [-0.05, 0) is 24.3 Å². The molecule has 90 valence electrons. The molecule has 0 saturated heterocycles. The van der Waals surface area contributed by atoms with Gasteiger partial charge >= 0.3 is 0 Å². The zero-order valence-corrected chi connectivity index (χ0v) is 8.98. The Balaban J connectivity index is 2.07. The Morgan fingerprint density at radius 1 is 1.12 bits per heavy atom. The molecule has 2 rings (SSSR count). The minimum atomic E-state index is -1.24. The molecule has 2 N–H and O–H groups in total. The molecule has 0 aliphatic rings. The van der Waals surface area contributed by atoms with E-state index in [1.54, 1.807) is 29.2 Å². The van der Waals surface area contributed by atoms with Crippen molar-refractivity contribution in [2.75, 3.05) is 12.0 Å². The highest BCUT2D eigenvalue weighted by Gasteiger charge is 2.17. The summed E-state index contributed by atoms with van der Waals surface area (Å²) in [6, 6.07) is 7.10. The van der Waals surface area contributed by atoms with E-state index in [9.17, 15) is 13.9 Å². The normalized spacial score (nSPS) is 12.4. The summed E-state index contributed by atoms with van der Waals surface area (Å²) in [5, 5.41) is 9.73. The number of halogens is 2. The van der Waals surface area contributed by atoms with E-state index in [-0.39, 0.29) is 12.1 Å². The zero-order chi connectivity index (χ0) is 12.3. The summed E-state index contributed by atoms with van der Waals surface area (Å²) in [5.41, 5.74) is 2.50. The molecule has 1 atom stereocenters. The van der Waals surface area contributed by atoms with Crippen molar-refractivity contribution in [3.8, 4) is 0 Å². The fraction of sp³-hybridized carbons (Fsp3) is 0.167. The molecule has 0 radical (unpaired) electrons. The standard InChI is InChI=1S/C12H12F2N2O/c13-9-4-3-5-10(14)12(9)11(17)8-15-16-6-1-2-7-16/h1-7,11,15,17H,8H2. The maximum atomic E-state index is 13.3. The molecule has 3 nitrogen and oxygen atoms in total. The lowest BCUT2D eigenvalue weighted by molar-refractivity contribution is 0.178. The van der Waals surface area contributed by atoms with Crippen molar-refractivity contribution >= 4 is 0 Å². The van der Waals surface area contributed by atoms with E-state index in [0.29, 0.717) is 0 Å². The quantitative estimate of drug-likeness (QED) is 0.855. The monoisotopic (exact) mass is 238 g/mol. The van der Waals surface area contributed by atoms with Crippen molar-refractivity contribution in [1.82, 2.24) is 4.68 Å². The van der Waals surface area contributed by atoms with E-state index in [1.807, 2.05) is 0 Å². The first-order chi connectivity index (χ1) is 8.18. The van der Waals surface area contributed by atoms with Crippen LogP contribution < -0.4 is 5.43 Å². The van der Waals surface area contributed by atoms with Crippen molar-refractivity contribution in [3.05, 3.63) is 59.9 Å². The molecule has 0 fully saturated rings. The van der Waals surface area contributed by atoms with Crippen molar-refractivity contribution in [1.29, 1.82) is 0 Å². The molecule has 0 bridgehead atoms. The maximum absolute atomic E-state index is 13.3. The van der Waals surface area contributed by atoms with Gasteiger partial charge in [-0.1, -0.05) is 6.07 Å². The number of aromatic nitrogens is 1. The zero-order valence-electron chi connectivity index (χ0n) is 8.98. The van der Waals surface area contributed by atoms with E-state index in [1.165, 1.54) is 6.07 Å². The van der Waals surface area contributed by atoms with Gasteiger partial charge in [-0.3, -0.25) is 4.68 Å². The van der Waals surface area contributed by atoms with Gasteiger partial charge in [0.1, 0.15) is 17.7 Å². The smallest absolute Gasteiger partial charge is 0.132 e. The molecule has 0 aliphatic carbocycles. The summed E-state index contributed by atoms with van der Waals surface area (Å²) in [6.07, 6.45) is 2.22. The highest BCUT2D eigenvalue weighted by Crippen LogP contribution is 2.20. The Morgan fingerprint density at radius 3 is 2.29 bits per heavy atom. The van der Waals surface area contributed by atoms with Crippen LogP contribution in [0.2, 0.25) is 0 Å². The Hall–Kier alpha value is -1.88. The summed E-state index contributed by atoms with van der Waals surface area (Å²) in [4.78, 5) is 0. The van der Waals surface area contributed by atoms with Gasteiger partial charge in [0.2, 0.25) is 0 Å². The third-order valence-electron chi connectivity index (χ3n) is 2.40. The van der Waals surface area contributed by atoms with Gasteiger partial charge in [0, 0.05) is 12.4 Å². The summed E-state index contributed by atoms with van der Waals surface area (Å²) >= 11 is 0. The first-order valence-corrected chi connectivity index (χ1v) is 5.17. The van der Waals surface area contributed by atoms with Crippen LogP contribution in [0.1, 0.15) is 11.7 Å². The number of rotatable bonds is 4. The Bertz CT molecular complexity index is 465. The Morgan fingerprint density at radius 2 is 1.71 bits per heavy atom. The predicted molar refractivity (Wildman–Crippen MR) is 60.0 cm³/mol. The molecule has 0 saturated carbocycles. The molecule has 2 aromatic rings. The lowest BCUT2D eigenvalue weighted by atomic mass is 10.1. The number of nitrogens with one attached hydrogen (secondary N) is 1. The largest absolute Gasteiger partial charge is 0.386 e. The van der Waals surface area contributed by atoms with Crippen LogP contribution >= 0.6 is 0 Å². The van der Waals surface area contributed by atoms with Crippen LogP contribution in [0.15, 0.2) is 42.7 Å². The minimum Gasteiger partial charge on any atom is -0.386 e. The van der Waals surface area contributed by atoms with Crippen LogP contribution in [0, 0.1) is 11.6 Å². The second-order valence-electron chi connectivity index (χ2n) is 3.60. The molecule has 1 aromatic heterocycles.